The van der Waals surface area contributed by atoms with Crippen LogP contribution in [-0.4, -0.2) is 13.1 Å². The normalized spacial score (nSPS) is 10.3. The van der Waals surface area contributed by atoms with E-state index in [0.29, 0.717) is 18.6 Å². The molecule has 0 radical (unpaired) electrons. The van der Waals surface area contributed by atoms with Crippen LogP contribution in [0.4, 0.5) is 0 Å². The van der Waals surface area contributed by atoms with Crippen LogP contribution in [-0.2, 0) is 11.2 Å². The van der Waals surface area contributed by atoms with Crippen molar-refractivity contribution in [1.82, 2.24) is 0 Å². The minimum atomic E-state index is -0.237. The molecule has 0 heterocycles. The van der Waals surface area contributed by atoms with Crippen molar-refractivity contribution in [3.63, 3.8) is 0 Å². The molecule has 0 bridgehead atoms. The van der Waals surface area contributed by atoms with Crippen molar-refractivity contribution in [3.8, 4) is 22.6 Å². The van der Waals surface area contributed by atoms with Gasteiger partial charge in [-0.2, -0.15) is 0 Å². The molecule has 0 atom stereocenters. The van der Waals surface area contributed by atoms with Crippen molar-refractivity contribution in [2.24, 2.45) is 0 Å². The van der Waals surface area contributed by atoms with E-state index < -0.39 is 0 Å². The summed E-state index contributed by atoms with van der Waals surface area (Å²) in [6.07, 6.45) is 0.964. The molecule has 3 aromatic carbocycles. The number of aryl methyl sites for hydroxylation is 1. The van der Waals surface area contributed by atoms with Gasteiger partial charge in [0.15, 0.2) is 0 Å². The third-order valence-electron chi connectivity index (χ3n) is 3.97. The number of methoxy groups -OCH3 is 1. The van der Waals surface area contributed by atoms with Gasteiger partial charge in [-0.25, -0.2) is 0 Å². The van der Waals surface area contributed by atoms with E-state index in [1.165, 1.54) is 0 Å². The number of ether oxygens (including phenoxy) is 2. The van der Waals surface area contributed by atoms with E-state index >= 15 is 0 Å². The van der Waals surface area contributed by atoms with Gasteiger partial charge in [0.2, 0.25) is 0 Å². The summed E-state index contributed by atoms with van der Waals surface area (Å²) in [6.45, 7) is 0. The maximum absolute atomic E-state index is 12.2. The molecule has 3 rings (SSSR count). The fourth-order valence-corrected chi connectivity index (χ4v) is 2.62. The highest BCUT2D eigenvalue weighted by Gasteiger charge is 2.10. The Morgan fingerprint density at radius 2 is 1.52 bits per heavy atom. The highest BCUT2D eigenvalue weighted by atomic mass is 16.5. The van der Waals surface area contributed by atoms with Crippen molar-refractivity contribution in [3.05, 3.63) is 84.4 Å². The third kappa shape index (κ3) is 4.48. The lowest BCUT2D eigenvalue weighted by Gasteiger charge is -2.10. The monoisotopic (exact) mass is 332 g/mol. The van der Waals surface area contributed by atoms with Gasteiger partial charge in [0.25, 0.3) is 0 Å². The predicted molar refractivity (Wildman–Crippen MR) is 98.8 cm³/mol. The molecular formula is C22H20O3. The summed E-state index contributed by atoms with van der Waals surface area (Å²) in [4.78, 5) is 12.2. The third-order valence-corrected chi connectivity index (χ3v) is 3.97. The second-order valence-electron chi connectivity index (χ2n) is 5.68. The standard InChI is InChI=1S/C22H20O3/c1-24-19-14-11-17(12-15-19)13-16-22(23)25-21-10-6-5-9-20(21)18-7-3-2-4-8-18/h2-12,14-15H,13,16H2,1H3. The summed E-state index contributed by atoms with van der Waals surface area (Å²) in [5.74, 6) is 1.16. The van der Waals surface area contributed by atoms with Crippen LogP contribution < -0.4 is 9.47 Å². The van der Waals surface area contributed by atoms with Crippen LogP contribution in [0.2, 0.25) is 0 Å². The smallest absolute Gasteiger partial charge is 0.311 e. The fourth-order valence-electron chi connectivity index (χ4n) is 2.62. The van der Waals surface area contributed by atoms with E-state index in [2.05, 4.69) is 0 Å². The molecule has 0 aliphatic rings. The summed E-state index contributed by atoms with van der Waals surface area (Å²) in [6, 6.07) is 25.2. The molecule has 0 aromatic heterocycles. The van der Waals surface area contributed by atoms with Crippen LogP contribution in [0, 0.1) is 0 Å². The Bertz CT molecular complexity index is 823. The molecule has 0 N–H and O–H groups in total. The molecule has 3 aromatic rings. The van der Waals surface area contributed by atoms with E-state index in [-0.39, 0.29) is 5.97 Å². The van der Waals surface area contributed by atoms with Crippen molar-refractivity contribution in [2.45, 2.75) is 12.8 Å². The molecule has 0 aliphatic carbocycles. The minimum Gasteiger partial charge on any atom is -0.497 e. The van der Waals surface area contributed by atoms with Crippen LogP contribution in [0.15, 0.2) is 78.9 Å². The van der Waals surface area contributed by atoms with Gasteiger partial charge in [-0.05, 0) is 35.7 Å². The molecule has 0 amide bonds. The first-order valence-corrected chi connectivity index (χ1v) is 8.24. The predicted octanol–water partition coefficient (Wildman–Crippen LogP) is 4.90. The maximum Gasteiger partial charge on any atom is 0.311 e. The largest absolute Gasteiger partial charge is 0.497 e. The lowest BCUT2D eigenvalue weighted by atomic mass is 10.0. The van der Waals surface area contributed by atoms with E-state index in [4.69, 9.17) is 9.47 Å². The Labute approximate surface area is 147 Å². The second kappa shape index (κ2) is 8.15. The van der Waals surface area contributed by atoms with Gasteiger partial charge in [0.05, 0.1) is 7.11 Å². The molecule has 0 saturated carbocycles. The van der Waals surface area contributed by atoms with Crippen molar-refractivity contribution in [1.29, 1.82) is 0 Å². The quantitative estimate of drug-likeness (QED) is 0.476. The Morgan fingerprint density at radius 3 is 2.24 bits per heavy atom. The van der Waals surface area contributed by atoms with Gasteiger partial charge in [0.1, 0.15) is 11.5 Å². The Morgan fingerprint density at radius 1 is 0.840 bits per heavy atom. The van der Waals surface area contributed by atoms with E-state index in [9.17, 15) is 4.79 Å². The maximum atomic E-state index is 12.2. The number of para-hydroxylation sites is 1. The van der Waals surface area contributed by atoms with Gasteiger partial charge in [-0.3, -0.25) is 4.79 Å². The molecule has 0 spiro atoms. The molecule has 3 nitrogen and oxygen atoms in total. The van der Waals surface area contributed by atoms with Crippen LogP contribution >= 0.6 is 0 Å². The van der Waals surface area contributed by atoms with Gasteiger partial charge < -0.3 is 9.47 Å². The lowest BCUT2D eigenvalue weighted by Crippen LogP contribution is -2.09. The SMILES string of the molecule is COc1ccc(CCC(=O)Oc2ccccc2-c2ccccc2)cc1. The molecule has 25 heavy (non-hydrogen) atoms. The first kappa shape index (κ1) is 16.8. The minimum absolute atomic E-state index is 0.237. The number of rotatable bonds is 6. The van der Waals surface area contributed by atoms with Crippen LogP contribution in [0.3, 0.4) is 0 Å². The average molecular weight is 332 g/mol. The number of carbonyl (C=O) groups excluding carboxylic acids is 1. The van der Waals surface area contributed by atoms with Crippen LogP contribution in [0.25, 0.3) is 11.1 Å². The van der Waals surface area contributed by atoms with E-state index in [1.807, 2.05) is 78.9 Å². The summed E-state index contributed by atoms with van der Waals surface area (Å²) in [5, 5.41) is 0. The number of hydrogen-bond acceptors (Lipinski definition) is 3. The summed E-state index contributed by atoms with van der Waals surface area (Å²) < 4.78 is 10.7. The number of esters is 1. The van der Waals surface area contributed by atoms with Gasteiger partial charge in [-0.1, -0.05) is 60.7 Å². The molecule has 126 valence electrons. The van der Waals surface area contributed by atoms with E-state index in [0.717, 1.165) is 22.4 Å². The summed E-state index contributed by atoms with van der Waals surface area (Å²) in [7, 11) is 1.64. The second-order valence-corrected chi connectivity index (χ2v) is 5.68. The fraction of sp³-hybridized carbons (Fsp3) is 0.136. The first-order chi connectivity index (χ1) is 12.3. The summed E-state index contributed by atoms with van der Waals surface area (Å²) in [5.41, 5.74) is 3.02. The average Bonchev–Trinajstić information content (AvgIpc) is 2.68. The molecular weight excluding hydrogens is 312 g/mol. The summed E-state index contributed by atoms with van der Waals surface area (Å²) >= 11 is 0. The lowest BCUT2D eigenvalue weighted by molar-refractivity contribution is -0.134. The van der Waals surface area contributed by atoms with E-state index in [1.54, 1.807) is 7.11 Å². The Balaban J connectivity index is 1.65. The first-order valence-electron chi connectivity index (χ1n) is 8.24. The van der Waals surface area contributed by atoms with Crippen molar-refractivity contribution >= 4 is 5.97 Å². The van der Waals surface area contributed by atoms with Gasteiger partial charge >= 0.3 is 5.97 Å². The number of hydrogen-bond donors (Lipinski definition) is 0. The molecule has 0 aliphatic heterocycles. The number of carbonyl (C=O) groups is 1. The van der Waals surface area contributed by atoms with Crippen LogP contribution in [0.1, 0.15) is 12.0 Å². The van der Waals surface area contributed by atoms with Gasteiger partial charge in [-0.15, -0.1) is 0 Å². The molecule has 0 fully saturated rings. The zero-order chi connectivity index (χ0) is 17.5. The van der Waals surface area contributed by atoms with Crippen LogP contribution in [0.5, 0.6) is 11.5 Å². The highest BCUT2D eigenvalue weighted by molar-refractivity contribution is 5.78. The number of benzene rings is 3. The van der Waals surface area contributed by atoms with Crippen molar-refractivity contribution in [2.75, 3.05) is 7.11 Å². The zero-order valence-corrected chi connectivity index (χ0v) is 14.1. The topological polar surface area (TPSA) is 35.5 Å². The molecule has 0 unspecified atom stereocenters. The van der Waals surface area contributed by atoms with Gasteiger partial charge in [0, 0.05) is 12.0 Å². The highest BCUT2D eigenvalue weighted by Crippen LogP contribution is 2.29. The zero-order valence-electron chi connectivity index (χ0n) is 14.1. The Hall–Kier alpha value is -3.07. The molecule has 0 saturated heterocycles. The van der Waals surface area contributed by atoms with Crippen molar-refractivity contribution < 1.29 is 14.3 Å². The molecule has 3 heteroatoms. The Kier molecular flexibility index (Phi) is 5.47.